The van der Waals surface area contributed by atoms with Crippen LogP contribution in [0.5, 0.6) is 23.0 Å². The van der Waals surface area contributed by atoms with E-state index < -0.39 is 0 Å². The Bertz CT molecular complexity index is 1420. The Morgan fingerprint density at radius 2 is 1.51 bits per heavy atom. The number of anilines is 2. The average molecular weight is 555 g/mol. The van der Waals surface area contributed by atoms with Crippen molar-refractivity contribution in [2.75, 3.05) is 58.8 Å². The Balaban J connectivity index is 1.22. The third-order valence-corrected chi connectivity index (χ3v) is 7.58. The Morgan fingerprint density at radius 3 is 2.17 bits per heavy atom. The van der Waals surface area contributed by atoms with Crippen molar-refractivity contribution in [3.63, 3.8) is 0 Å². The minimum atomic E-state index is 0.137. The molecule has 0 saturated carbocycles. The molecule has 0 unspecified atom stereocenters. The van der Waals surface area contributed by atoms with Crippen LogP contribution in [0.1, 0.15) is 32.8 Å². The van der Waals surface area contributed by atoms with Gasteiger partial charge in [0.15, 0.2) is 11.5 Å². The highest BCUT2D eigenvalue weighted by atomic mass is 16.5. The zero-order valence-corrected chi connectivity index (χ0v) is 24.9. The van der Waals surface area contributed by atoms with E-state index in [4.69, 9.17) is 14.2 Å². The van der Waals surface area contributed by atoms with Crippen LogP contribution in [0, 0.1) is 0 Å². The van der Waals surface area contributed by atoms with Gasteiger partial charge in [0.05, 0.1) is 19.2 Å². The van der Waals surface area contributed by atoms with Crippen LogP contribution in [0.3, 0.4) is 0 Å². The van der Waals surface area contributed by atoms with Crippen LogP contribution in [-0.4, -0.2) is 68.3 Å². The summed E-state index contributed by atoms with van der Waals surface area (Å²) in [6, 6.07) is 22.3. The summed E-state index contributed by atoms with van der Waals surface area (Å²) in [4.78, 5) is 9.44. The molecule has 4 aromatic rings. The summed E-state index contributed by atoms with van der Waals surface area (Å²) in [5.74, 6) is 2.84. The first-order chi connectivity index (χ1) is 19.8. The van der Waals surface area contributed by atoms with Gasteiger partial charge in [0.25, 0.3) is 0 Å². The van der Waals surface area contributed by atoms with Crippen molar-refractivity contribution in [3.8, 4) is 23.0 Å². The number of ether oxygens (including phenoxy) is 3. The van der Waals surface area contributed by atoms with E-state index in [1.54, 1.807) is 13.3 Å². The lowest BCUT2D eigenvalue weighted by atomic mass is 9.87. The van der Waals surface area contributed by atoms with E-state index in [9.17, 15) is 0 Å². The molecule has 7 heteroatoms. The first-order valence-corrected chi connectivity index (χ1v) is 14.4. The standard InChI is InChI=1S/C34H42N4O3/c1-34(2,3)25-7-9-26(10-8-25)36-27-11-13-28(14-12-27)41-31-15-16-35-30-24-33(32(39-5)23-29(30)31)40-22-6-17-38-20-18-37(4)19-21-38/h7-16,23-24,36H,6,17-22H2,1-5H3. The Labute approximate surface area is 244 Å². The molecule has 1 aliphatic rings. The van der Waals surface area contributed by atoms with Crippen molar-refractivity contribution >= 4 is 22.3 Å². The van der Waals surface area contributed by atoms with E-state index in [1.165, 1.54) is 5.56 Å². The molecule has 0 atom stereocenters. The first kappa shape index (κ1) is 28.7. The summed E-state index contributed by atoms with van der Waals surface area (Å²) in [5.41, 5.74) is 4.30. The van der Waals surface area contributed by atoms with E-state index >= 15 is 0 Å². The van der Waals surface area contributed by atoms with Gasteiger partial charge in [-0.2, -0.15) is 0 Å². The number of nitrogens with one attached hydrogen (secondary N) is 1. The van der Waals surface area contributed by atoms with Crippen LogP contribution in [-0.2, 0) is 5.41 Å². The first-order valence-electron chi connectivity index (χ1n) is 14.4. The zero-order valence-electron chi connectivity index (χ0n) is 24.9. The van der Waals surface area contributed by atoms with E-state index in [1.807, 2.05) is 42.5 Å². The lowest BCUT2D eigenvalue weighted by Gasteiger charge is -2.32. The second kappa shape index (κ2) is 12.8. The molecule has 0 bridgehead atoms. The molecule has 1 N–H and O–H groups in total. The molecular formula is C34H42N4O3. The van der Waals surface area contributed by atoms with Gasteiger partial charge in [0.2, 0.25) is 0 Å². The van der Waals surface area contributed by atoms with Crippen LogP contribution < -0.4 is 19.5 Å². The van der Waals surface area contributed by atoms with E-state index in [2.05, 4.69) is 72.2 Å². The molecule has 5 rings (SSSR count). The highest BCUT2D eigenvalue weighted by molar-refractivity contribution is 5.88. The second-order valence-corrected chi connectivity index (χ2v) is 11.8. The second-order valence-electron chi connectivity index (χ2n) is 11.8. The minimum absolute atomic E-state index is 0.137. The fourth-order valence-electron chi connectivity index (χ4n) is 4.99. The Morgan fingerprint density at radius 1 is 0.829 bits per heavy atom. The highest BCUT2D eigenvalue weighted by Crippen LogP contribution is 2.37. The predicted octanol–water partition coefficient (Wildman–Crippen LogP) is 7.09. The molecule has 216 valence electrons. The van der Waals surface area contributed by atoms with Crippen molar-refractivity contribution in [2.24, 2.45) is 0 Å². The fourth-order valence-corrected chi connectivity index (χ4v) is 4.99. The van der Waals surface area contributed by atoms with Gasteiger partial charge in [-0.3, -0.25) is 4.98 Å². The van der Waals surface area contributed by atoms with Gasteiger partial charge < -0.3 is 29.3 Å². The molecule has 2 heterocycles. The van der Waals surface area contributed by atoms with Gasteiger partial charge in [0.1, 0.15) is 11.5 Å². The van der Waals surface area contributed by atoms with Gasteiger partial charge in [0, 0.05) is 61.7 Å². The largest absolute Gasteiger partial charge is 0.493 e. The molecule has 0 radical (unpaired) electrons. The van der Waals surface area contributed by atoms with Crippen LogP contribution in [0.15, 0.2) is 72.9 Å². The monoisotopic (exact) mass is 554 g/mol. The molecule has 1 aliphatic heterocycles. The smallest absolute Gasteiger partial charge is 0.163 e. The molecule has 0 aliphatic carbocycles. The summed E-state index contributed by atoms with van der Waals surface area (Å²) < 4.78 is 18.1. The lowest BCUT2D eigenvalue weighted by Crippen LogP contribution is -2.44. The van der Waals surface area contributed by atoms with Gasteiger partial charge >= 0.3 is 0 Å². The average Bonchev–Trinajstić information content (AvgIpc) is 2.97. The van der Waals surface area contributed by atoms with Crippen molar-refractivity contribution in [2.45, 2.75) is 32.6 Å². The minimum Gasteiger partial charge on any atom is -0.493 e. The third kappa shape index (κ3) is 7.48. The molecular weight excluding hydrogens is 512 g/mol. The topological polar surface area (TPSA) is 59.1 Å². The van der Waals surface area contributed by atoms with Crippen LogP contribution >= 0.6 is 0 Å². The number of fused-ring (bicyclic) bond motifs is 1. The molecule has 1 fully saturated rings. The number of likely N-dealkylation sites (N-methyl/N-ethyl adjacent to an activating group) is 1. The third-order valence-electron chi connectivity index (χ3n) is 7.58. The van der Waals surface area contributed by atoms with Crippen LogP contribution in [0.2, 0.25) is 0 Å². The van der Waals surface area contributed by atoms with E-state index in [-0.39, 0.29) is 5.41 Å². The summed E-state index contributed by atoms with van der Waals surface area (Å²) >= 11 is 0. The van der Waals surface area contributed by atoms with Crippen LogP contribution in [0.4, 0.5) is 11.4 Å². The predicted molar refractivity (Wildman–Crippen MR) is 167 cm³/mol. The number of rotatable bonds is 10. The Hall–Kier alpha value is -3.81. The van der Waals surface area contributed by atoms with Crippen molar-refractivity contribution in [1.82, 2.24) is 14.8 Å². The normalized spacial score (nSPS) is 14.7. The van der Waals surface area contributed by atoms with Gasteiger partial charge in [-0.05, 0) is 73.0 Å². The SMILES string of the molecule is COc1cc2c(Oc3ccc(Nc4ccc(C(C)(C)C)cc4)cc3)ccnc2cc1OCCCN1CCN(C)CC1. The van der Waals surface area contributed by atoms with E-state index in [0.717, 1.165) is 67.2 Å². The quantitative estimate of drug-likeness (QED) is 0.210. The molecule has 3 aromatic carbocycles. The number of aromatic nitrogens is 1. The maximum absolute atomic E-state index is 6.29. The van der Waals surface area contributed by atoms with Gasteiger partial charge in [-0.1, -0.05) is 32.9 Å². The van der Waals surface area contributed by atoms with Crippen LogP contribution in [0.25, 0.3) is 10.9 Å². The maximum Gasteiger partial charge on any atom is 0.163 e. The molecule has 0 amide bonds. The highest BCUT2D eigenvalue weighted by Gasteiger charge is 2.15. The summed E-state index contributed by atoms with van der Waals surface area (Å²) in [5, 5.41) is 4.34. The number of hydrogen-bond acceptors (Lipinski definition) is 7. The number of methoxy groups -OCH3 is 1. The van der Waals surface area contributed by atoms with Gasteiger partial charge in [-0.25, -0.2) is 0 Å². The number of piperazine rings is 1. The number of hydrogen-bond donors (Lipinski definition) is 1. The Kier molecular flexibility index (Phi) is 8.96. The zero-order chi connectivity index (χ0) is 28.8. The molecule has 7 nitrogen and oxygen atoms in total. The molecule has 1 aromatic heterocycles. The van der Waals surface area contributed by atoms with Crippen molar-refractivity contribution in [1.29, 1.82) is 0 Å². The maximum atomic E-state index is 6.29. The molecule has 1 saturated heterocycles. The van der Waals surface area contributed by atoms with Gasteiger partial charge in [-0.15, -0.1) is 0 Å². The number of nitrogens with zero attached hydrogens (tertiary/aromatic N) is 3. The fraction of sp³-hybridized carbons (Fsp3) is 0.382. The van der Waals surface area contributed by atoms with E-state index in [0.29, 0.717) is 23.9 Å². The summed E-state index contributed by atoms with van der Waals surface area (Å²) in [6.07, 6.45) is 2.73. The lowest BCUT2D eigenvalue weighted by molar-refractivity contribution is 0.145. The molecule has 0 spiro atoms. The molecule has 41 heavy (non-hydrogen) atoms. The summed E-state index contributed by atoms with van der Waals surface area (Å²) in [6.45, 7) is 12.8. The summed E-state index contributed by atoms with van der Waals surface area (Å²) in [7, 11) is 3.84. The van der Waals surface area contributed by atoms with Crippen molar-refractivity contribution in [3.05, 3.63) is 78.5 Å². The number of pyridine rings is 1. The van der Waals surface area contributed by atoms with Crippen molar-refractivity contribution < 1.29 is 14.2 Å². The number of benzene rings is 3.